The van der Waals surface area contributed by atoms with Crippen LogP contribution in [0.25, 0.3) is 17.2 Å². The van der Waals surface area contributed by atoms with Gasteiger partial charge in [-0.3, -0.25) is 14.4 Å². The van der Waals surface area contributed by atoms with Crippen LogP contribution >= 0.6 is 23.4 Å². The Bertz CT molecular complexity index is 1920. The van der Waals surface area contributed by atoms with E-state index in [0.717, 1.165) is 21.6 Å². The maximum Gasteiger partial charge on any atom is 0.272 e. The van der Waals surface area contributed by atoms with Crippen LogP contribution in [0.4, 0.5) is 11.4 Å². The molecule has 3 amide bonds. The van der Waals surface area contributed by atoms with Gasteiger partial charge in [-0.25, -0.2) is 0 Å². The van der Waals surface area contributed by atoms with Gasteiger partial charge in [-0.05, 0) is 77.7 Å². The molecule has 242 valence electrons. The highest BCUT2D eigenvalue weighted by Gasteiger charge is 2.20. The zero-order valence-electron chi connectivity index (χ0n) is 26.4. The van der Waals surface area contributed by atoms with Gasteiger partial charge in [-0.15, -0.1) is 11.8 Å². The van der Waals surface area contributed by atoms with E-state index < -0.39 is 17.1 Å². The molecule has 0 bridgehead atoms. The largest absolute Gasteiger partial charge is 0.495 e. The predicted octanol–water partition coefficient (Wildman–Crippen LogP) is 8.93. The summed E-state index contributed by atoms with van der Waals surface area (Å²) in [4.78, 5) is 40.7. The van der Waals surface area contributed by atoms with Gasteiger partial charge >= 0.3 is 0 Å². The van der Waals surface area contributed by atoms with Gasteiger partial charge in [0.05, 0.1) is 17.4 Å². The fourth-order valence-electron chi connectivity index (χ4n) is 4.81. The Morgan fingerprint density at radius 3 is 2.10 bits per heavy atom. The maximum atomic E-state index is 13.7. The van der Waals surface area contributed by atoms with Crippen LogP contribution < -0.4 is 20.7 Å². The number of carbonyl (C=O) groups excluding carboxylic acids is 3. The lowest BCUT2D eigenvalue weighted by molar-refractivity contribution is -0.116. The molecule has 3 N–H and O–H groups in total. The fraction of sp³-hybridized carbons (Fsp3) is 0.103. The van der Waals surface area contributed by atoms with E-state index in [1.807, 2.05) is 73.7 Å². The van der Waals surface area contributed by atoms with E-state index in [1.54, 1.807) is 66.7 Å². The number of benzene rings is 5. The van der Waals surface area contributed by atoms with Crippen molar-refractivity contribution < 1.29 is 19.1 Å². The third-order valence-corrected chi connectivity index (χ3v) is 8.96. The Labute approximate surface area is 289 Å². The Balaban J connectivity index is 1.32. The molecule has 5 aromatic rings. The minimum absolute atomic E-state index is 0.0818. The Kier molecular flexibility index (Phi) is 11.7. The van der Waals surface area contributed by atoms with Crippen LogP contribution in [0.15, 0.2) is 138 Å². The van der Waals surface area contributed by atoms with Gasteiger partial charge in [0.2, 0.25) is 5.91 Å². The number of methoxy groups -OCH3 is 1. The lowest BCUT2D eigenvalue weighted by Gasteiger charge is -2.16. The highest BCUT2D eigenvalue weighted by Crippen LogP contribution is 2.31. The molecule has 0 aliphatic rings. The number of rotatable bonds is 12. The number of hydrogen-bond donors (Lipinski definition) is 3. The quantitative estimate of drug-likeness (QED) is 0.0906. The number of thioether (sulfide) groups is 1. The summed E-state index contributed by atoms with van der Waals surface area (Å²) in [5, 5.41) is 8.61. The first-order chi connectivity index (χ1) is 23.3. The molecule has 0 aliphatic heterocycles. The molecule has 0 fully saturated rings. The van der Waals surface area contributed by atoms with E-state index in [9.17, 15) is 14.4 Å². The van der Waals surface area contributed by atoms with Gasteiger partial charge in [-0.1, -0.05) is 97.4 Å². The molecule has 0 heterocycles. The molecule has 9 heteroatoms. The lowest BCUT2D eigenvalue weighted by Crippen LogP contribution is -2.30. The SMILES string of the molecule is CCC(Sc1cccc(NC(=O)/C(=C\c2ccc(-c3ccccc3)cc2)NC(=O)c2ccccc2)c1)C(=O)Nc1ccc(OC)c(Cl)c1. The van der Waals surface area contributed by atoms with Gasteiger partial charge < -0.3 is 20.7 Å². The number of ether oxygens (including phenoxy) is 1. The summed E-state index contributed by atoms with van der Waals surface area (Å²) in [7, 11) is 1.53. The smallest absolute Gasteiger partial charge is 0.272 e. The van der Waals surface area contributed by atoms with Crippen molar-refractivity contribution in [1.82, 2.24) is 5.32 Å². The third-order valence-electron chi connectivity index (χ3n) is 7.31. The summed E-state index contributed by atoms with van der Waals surface area (Å²) in [6.45, 7) is 1.93. The molecule has 7 nitrogen and oxygen atoms in total. The second-order valence-corrected chi connectivity index (χ2v) is 12.4. The summed E-state index contributed by atoms with van der Waals surface area (Å²) in [6, 6.07) is 38.8. The van der Waals surface area contributed by atoms with Crippen LogP contribution in [0, 0.1) is 0 Å². The van der Waals surface area contributed by atoms with Crippen molar-refractivity contribution >= 4 is 58.5 Å². The minimum atomic E-state index is -0.491. The summed E-state index contributed by atoms with van der Waals surface area (Å²) in [5.41, 5.74) is 4.45. The highest BCUT2D eigenvalue weighted by atomic mass is 35.5. The normalized spacial score (nSPS) is 11.7. The van der Waals surface area contributed by atoms with Crippen molar-refractivity contribution in [3.63, 3.8) is 0 Å². The number of hydrogen-bond acceptors (Lipinski definition) is 5. The first-order valence-corrected chi connectivity index (χ1v) is 16.5. The Morgan fingerprint density at radius 2 is 1.44 bits per heavy atom. The van der Waals surface area contributed by atoms with Crippen molar-refractivity contribution in [2.24, 2.45) is 0 Å². The van der Waals surface area contributed by atoms with Crippen molar-refractivity contribution in [2.75, 3.05) is 17.7 Å². The van der Waals surface area contributed by atoms with E-state index in [2.05, 4.69) is 16.0 Å². The molecule has 0 radical (unpaired) electrons. The molecule has 1 unspecified atom stereocenters. The Morgan fingerprint density at radius 1 is 0.771 bits per heavy atom. The molecule has 0 aromatic heterocycles. The van der Waals surface area contributed by atoms with Crippen molar-refractivity contribution in [3.05, 3.63) is 149 Å². The molecule has 0 spiro atoms. The molecule has 0 saturated heterocycles. The molecule has 5 rings (SSSR count). The summed E-state index contributed by atoms with van der Waals surface area (Å²) in [5.74, 6) is -0.550. The topological polar surface area (TPSA) is 96.5 Å². The summed E-state index contributed by atoms with van der Waals surface area (Å²) in [6.07, 6.45) is 2.21. The van der Waals surface area contributed by atoms with Crippen LogP contribution in [0.5, 0.6) is 5.75 Å². The average molecular weight is 676 g/mol. The van der Waals surface area contributed by atoms with Crippen molar-refractivity contribution in [3.8, 4) is 16.9 Å². The van der Waals surface area contributed by atoms with Crippen molar-refractivity contribution in [1.29, 1.82) is 0 Å². The van der Waals surface area contributed by atoms with Gasteiger partial charge in [0, 0.05) is 21.8 Å². The van der Waals surface area contributed by atoms with Crippen LogP contribution in [0.1, 0.15) is 29.3 Å². The van der Waals surface area contributed by atoms with Crippen LogP contribution in [0.2, 0.25) is 5.02 Å². The zero-order valence-corrected chi connectivity index (χ0v) is 28.0. The lowest BCUT2D eigenvalue weighted by atomic mass is 10.0. The predicted molar refractivity (Wildman–Crippen MR) is 195 cm³/mol. The summed E-state index contributed by atoms with van der Waals surface area (Å²) >= 11 is 7.61. The van der Waals surface area contributed by atoms with Gasteiger partial charge in [0.15, 0.2) is 0 Å². The third kappa shape index (κ3) is 9.15. The molecule has 48 heavy (non-hydrogen) atoms. The van der Waals surface area contributed by atoms with Crippen LogP contribution in [-0.4, -0.2) is 30.1 Å². The molecular weight excluding hydrogens is 642 g/mol. The monoisotopic (exact) mass is 675 g/mol. The number of carbonyl (C=O) groups is 3. The standard InChI is InChI=1S/C39H34ClN3O4S/c1-3-36(39(46)42-31-21-22-35(47-2)33(40)25-31)48-32-16-10-15-30(24-32)41-38(45)34(43-37(44)29-13-8-5-9-14-29)23-26-17-19-28(20-18-26)27-11-6-4-7-12-27/h4-25,36H,3H2,1-2H3,(H,41,45)(H,42,46)(H,43,44)/b34-23+. The van der Waals surface area contributed by atoms with Gasteiger partial charge in [-0.2, -0.15) is 0 Å². The Hall–Kier alpha value is -5.31. The van der Waals surface area contributed by atoms with Gasteiger partial charge in [0.25, 0.3) is 11.8 Å². The first kappa shape index (κ1) is 34.0. The second-order valence-electron chi connectivity index (χ2n) is 10.7. The number of halogens is 1. The van der Waals surface area contributed by atoms with E-state index in [0.29, 0.717) is 34.1 Å². The number of nitrogens with one attached hydrogen (secondary N) is 3. The van der Waals surface area contributed by atoms with Crippen molar-refractivity contribution in [2.45, 2.75) is 23.5 Å². The van der Waals surface area contributed by atoms with Crippen LogP contribution in [0.3, 0.4) is 0 Å². The average Bonchev–Trinajstić information content (AvgIpc) is 3.11. The molecular formula is C39H34ClN3O4S. The minimum Gasteiger partial charge on any atom is -0.495 e. The molecule has 0 aliphatic carbocycles. The maximum absolute atomic E-state index is 13.7. The van der Waals surface area contributed by atoms with E-state index in [1.165, 1.54) is 18.9 Å². The fourth-order valence-corrected chi connectivity index (χ4v) is 6.08. The zero-order chi connectivity index (χ0) is 33.9. The number of amides is 3. The van der Waals surface area contributed by atoms with E-state index in [-0.39, 0.29) is 11.6 Å². The first-order valence-electron chi connectivity index (χ1n) is 15.3. The van der Waals surface area contributed by atoms with Crippen LogP contribution in [-0.2, 0) is 9.59 Å². The van der Waals surface area contributed by atoms with E-state index >= 15 is 0 Å². The summed E-state index contributed by atoms with van der Waals surface area (Å²) < 4.78 is 5.19. The molecule has 0 saturated carbocycles. The molecule has 5 aromatic carbocycles. The molecule has 1 atom stereocenters. The highest BCUT2D eigenvalue weighted by molar-refractivity contribution is 8.00. The van der Waals surface area contributed by atoms with Gasteiger partial charge in [0.1, 0.15) is 11.4 Å². The number of anilines is 2. The second kappa shape index (κ2) is 16.5. The van der Waals surface area contributed by atoms with E-state index in [4.69, 9.17) is 16.3 Å².